The molecule has 2 aromatic rings. The van der Waals surface area contributed by atoms with Crippen LogP contribution in [0.2, 0.25) is 0 Å². The molecule has 19 heavy (non-hydrogen) atoms. The average Bonchev–Trinajstić information content (AvgIpc) is 2.38. The minimum Gasteiger partial charge on any atom is -0.377 e. The van der Waals surface area contributed by atoms with Crippen LogP contribution in [0.1, 0.15) is 28.4 Å². The van der Waals surface area contributed by atoms with Gasteiger partial charge in [-0.15, -0.1) is 0 Å². The number of carbonyl (C=O) groups excluding carboxylic acids is 1. The van der Waals surface area contributed by atoms with Crippen molar-refractivity contribution in [3.63, 3.8) is 0 Å². The SMILES string of the molecule is O=C1CC(c2c(F)cccc2F)Nc2ccccc21. The Morgan fingerprint density at radius 2 is 1.68 bits per heavy atom. The van der Waals surface area contributed by atoms with Gasteiger partial charge in [0.25, 0.3) is 0 Å². The molecule has 0 amide bonds. The third-order valence-electron chi connectivity index (χ3n) is 3.29. The molecule has 1 aliphatic heterocycles. The predicted molar refractivity (Wildman–Crippen MR) is 68.1 cm³/mol. The monoisotopic (exact) mass is 259 g/mol. The van der Waals surface area contributed by atoms with E-state index in [1.54, 1.807) is 24.3 Å². The number of benzene rings is 2. The lowest BCUT2D eigenvalue weighted by Gasteiger charge is -2.26. The third-order valence-corrected chi connectivity index (χ3v) is 3.29. The number of Topliss-reactive ketones (excluding diaryl/α,β-unsaturated/α-hetero) is 1. The largest absolute Gasteiger partial charge is 0.377 e. The number of halogens is 2. The number of carbonyl (C=O) groups is 1. The zero-order valence-electron chi connectivity index (χ0n) is 9.99. The molecule has 0 aromatic heterocycles. The second kappa shape index (κ2) is 4.46. The quantitative estimate of drug-likeness (QED) is 0.846. The summed E-state index contributed by atoms with van der Waals surface area (Å²) in [5, 5.41) is 3.02. The lowest BCUT2D eigenvalue weighted by molar-refractivity contribution is 0.0971. The standard InChI is InChI=1S/C15H11F2NO/c16-10-5-3-6-11(17)15(10)13-8-14(19)9-4-1-2-7-12(9)18-13/h1-7,13,18H,8H2. The first-order chi connectivity index (χ1) is 9.16. The van der Waals surface area contributed by atoms with Gasteiger partial charge < -0.3 is 5.32 Å². The Morgan fingerprint density at radius 1 is 1.00 bits per heavy atom. The maximum absolute atomic E-state index is 13.7. The molecule has 1 atom stereocenters. The van der Waals surface area contributed by atoms with Crippen molar-refractivity contribution in [3.8, 4) is 0 Å². The van der Waals surface area contributed by atoms with E-state index in [1.165, 1.54) is 18.2 Å². The number of fused-ring (bicyclic) bond motifs is 1. The molecule has 0 radical (unpaired) electrons. The van der Waals surface area contributed by atoms with Crippen LogP contribution in [0, 0.1) is 11.6 Å². The van der Waals surface area contributed by atoms with Crippen LogP contribution >= 0.6 is 0 Å². The van der Waals surface area contributed by atoms with Gasteiger partial charge in [0.15, 0.2) is 5.78 Å². The summed E-state index contributed by atoms with van der Waals surface area (Å²) in [7, 11) is 0. The molecule has 0 aliphatic carbocycles. The number of para-hydroxylation sites is 1. The molecule has 0 fully saturated rings. The highest BCUT2D eigenvalue weighted by Gasteiger charge is 2.28. The molecule has 2 nitrogen and oxygen atoms in total. The van der Waals surface area contributed by atoms with E-state index in [4.69, 9.17) is 0 Å². The molecule has 4 heteroatoms. The molecule has 0 bridgehead atoms. The number of rotatable bonds is 1. The Morgan fingerprint density at radius 3 is 2.42 bits per heavy atom. The van der Waals surface area contributed by atoms with E-state index in [0.29, 0.717) is 11.3 Å². The Kier molecular flexibility index (Phi) is 2.78. The van der Waals surface area contributed by atoms with Crippen molar-refractivity contribution < 1.29 is 13.6 Å². The van der Waals surface area contributed by atoms with Gasteiger partial charge in [0.1, 0.15) is 11.6 Å². The summed E-state index contributed by atoms with van der Waals surface area (Å²) in [5.41, 5.74) is 1.10. The summed E-state index contributed by atoms with van der Waals surface area (Å²) in [4.78, 5) is 12.0. The van der Waals surface area contributed by atoms with Crippen LogP contribution in [0.5, 0.6) is 0 Å². The highest BCUT2D eigenvalue weighted by Crippen LogP contribution is 2.34. The van der Waals surface area contributed by atoms with Gasteiger partial charge in [0.2, 0.25) is 0 Å². The van der Waals surface area contributed by atoms with Gasteiger partial charge in [0.05, 0.1) is 6.04 Å². The molecule has 3 rings (SSSR count). The van der Waals surface area contributed by atoms with Gasteiger partial charge in [-0.1, -0.05) is 18.2 Å². The third kappa shape index (κ3) is 1.99. The zero-order chi connectivity index (χ0) is 13.4. The fraction of sp³-hybridized carbons (Fsp3) is 0.133. The number of hydrogen-bond acceptors (Lipinski definition) is 2. The molecule has 1 heterocycles. The van der Waals surface area contributed by atoms with Crippen molar-refractivity contribution in [2.45, 2.75) is 12.5 Å². The Balaban J connectivity index is 2.04. The van der Waals surface area contributed by atoms with Gasteiger partial charge in [-0.25, -0.2) is 8.78 Å². The maximum atomic E-state index is 13.7. The molecular formula is C15H11F2NO. The number of hydrogen-bond donors (Lipinski definition) is 1. The van der Waals surface area contributed by atoms with Crippen LogP contribution in [0.15, 0.2) is 42.5 Å². The van der Waals surface area contributed by atoms with Crippen molar-refractivity contribution >= 4 is 11.5 Å². The van der Waals surface area contributed by atoms with E-state index in [1.807, 2.05) is 0 Å². The number of anilines is 1. The highest BCUT2D eigenvalue weighted by atomic mass is 19.1. The van der Waals surface area contributed by atoms with Gasteiger partial charge in [-0.2, -0.15) is 0 Å². The van der Waals surface area contributed by atoms with Gasteiger partial charge in [-0.3, -0.25) is 4.79 Å². The smallest absolute Gasteiger partial charge is 0.167 e. The summed E-state index contributed by atoms with van der Waals surface area (Å²) < 4.78 is 27.5. The summed E-state index contributed by atoms with van der Waals surface area (Å²) in [5.74, 6) is -1.38. The molecule has 1 N–H and O–H groups in total. The van der Waals surface area contributed by atoms with Crippen molar-refractivity contribution in [2.24, 2.45) is 0 Å². The second-order valence-corrected chi connectivity index (χ2v) is 4.51. The molecule has 2 aromatic carbocycles. The minimum atomic E-state index is -0.663. The molecule has 0 saturated carbocycles. The summed E-state index contributed by atoms with van der Waals surface area (Å²) in [6.45, 7) is 0. The zero-order valence-corrected chi connectivity index (χ0v) is 9.99. The fourth-order valence-electron chi connectivity index (χ4n) is 2.40. The van der Waals surface area contributed by atoms with Crippen LogP contribution in [0.4, 0.5) is 14.5 Å². The average molecular weight is 259 g/mol. The lowest BCUT2D eigenvalue weighted by atomic mass is 9.92. The number of ketones is 1. The molecule has 96 valence electrons. The van der Waals surface area contributed by atoms with Gasteiger partial charge in [-0.05, 0) is 24.3 Å². The van der Waals surface area contributed by atoms with Crippen molar-refractivity contribution in [3.05, 3.63) is 65.2 Å². The van der Waals surface area contributed by atoms with Crippen LogP contribution in [-0.4, -0.2) is 5.78 Å². The van der Waals surface area contributed by atoms with Gasteiger partial charge in [0, 0.05) is 23.2 Å². The Hall–Kier alpha value is -2.23. The minimum absolute atomic E-state index is 0.0505. The van der Waals surface area contributed by atoms with E-state index in [9.17, 15) is 13.6 Å². The van der Waals surface area contributed by atoms with E-state index in [-0.39, 0.29) is 17.8 Å². The first kappa shape index (κ1) is 11.8. The maximum Gasteiger partial charge on any atom is 0.167 e. The van der Waals surface area contributed by atoms with Crippen LogP contribution < -0.4 is 5.32 Å². The summed E-state index contributed by atoms with van der Waals surface area (Å²) >= 11 is 0. The molecule has 0 saturated heterocycles. The molecule has 1 unspecified atom stereocenters. The van der Waals surface area contributed by atoms with Crippen molar-refractivity contribution in [2.75, 3.05) is 5.32 Å². The fourth-order valence-corrected chi connectivity index (χ4v) is 2.40. The van der Waals surface area contributed by atoms with Crippen LogP contribution in [-0.2, 0) is 0 Å². The van der Waals surface area contributed by atoms with Crippen LogP contribution in [0.3, 0.4) is 0 Å². The van der Waals surface area contributed by atoms with E-state index in [0.717, 1.165) is 0 Å². The predicted octanol–water partition coefficient (Wildman–Crippen LogP) is 3.70. The number of nitrogens with one attached hydrogen (secondary N) is 1. The first-order valence-electron chi connectivity index (χ1n) is 5.99. The Bertz CT molecular complexity index is 634. The van der Waals surface area contributed by atoms with Gasteiger partial charge >= 0.3 is 0 Å². The topological polar surface area (TPSA) is 29.1 Å². The lowest BCUT2D eigenvalue weighted by Crippen LogP contribution is -2.24. The van der Waals surface area contributed by atoms with E-state index < -0.39 is 17.7 Å². The molecular weight excluding hydrogens is 248 g/mol. The normalized spacial score (nSPS) is 17.8. The first-order valence-corrected chi connectivity index (χ1v) is 5.99. The molecule has 1 aliphatic rings. The van der Waals surface area contributed by atoms with E-state index in [2.05, 4.69) is 5.32 Å². The van der Waals surface area contributed by atoms with E-state index >= 15 is 0 Å². The summed E-state index contributed by atoms with van der Waals surface area (Å²) in [6, 6.07) is 10.0. The highest BCUT2D eigenvalue weighted by molar-refractivity contribution is 6.03. The summed E-state index contributed by atoms with van der Waals surface area (Å²) in [6.07, 6.45) is 0.0505. The molecule has 0 spiro atoms. The van der Waals surface area contributed by atoms with Crippen molar-refractivity contribution in [1.82, 2.24) is 0 Å². The Labute approximate surface area is 109 Å². The van der Waals surface area contributed by atoms with Crippen molar-refractivity contribution in [1.29, 1.82) is 0 Å². The van der Waals surface area contributed by atoms with Crippen LogP contribution in [0.25, 0.3) is 0 Å². The second-order valence-electron chi connectivity index (χ2n) is 4.51.